The van der Waals surface area contributed by atoms with Gasteiger partial charge in [-0.05, 0) is 31.0 Å². The number of anilines is 1. The van der Waals surface area contributed by atoms with Crippen LogP contribution in [0.15, 0.2) is 73.1 Å². The summed E-state index contributed by atoms with van der Waals surface area (Å²) in [7, 11) is 0. The summed E-state index contributed by atoms with van der Waals surface area (Å²) in [5, 5.41) is 3.54. The number of imidazole rings is 1. The molecule has 3 nitrogen and oxygen atoms in total. The number of pyridine rings is 1. The van der Waals surface area contributed by atoms with Crippen LogP contribution in [0.1, 0.15) is 16.7 Å². The standard InChI is InChI=1S/C22H21N3/c1-16-8-10-19(11-9-16)21-15-25-14-17(2)12-20(22(25)24-21)23-13-18-6-4-3-5-7-18/h3-12,14-15,23H,13H2,1-2H3. The molecule has 0 unspecified atom stereocenters. The molecule has 0 saturated carbocycles. The summed E-state index contributed by atoms with van der Waals surface area (Å²) >= 11 is 0. The number of nitrogens with zero attached hydrogens (tertiary/aromatic N) is 2. The maximum atomic E-state index is 4.87. The largest absolute Gasteiger partial charge is 0.378 e. The smallest absolute Gasteiger partial charge is 0.160 e. The van der Waals surface area contributed by atoms with Crippen molar-refractivity contribution in [1.29, 1.82) is 0 Å². The van der Waals surface area contributed by atoms with E-state index in [4.69, 9.17) is 4.98 Å². The van der Waals surface area contributed by atoms with Crippen LogP contribution in [-0.2, 0) is 6.54 Å². The SMILES string of the molecule is Cc1ccc(-c2cn3cc(C)cc(NCc4ccccc4)c3n2)cc1. The Morgan fingerprint density at radius 3 is 2.40 bits per heavy atom. The summed E-state index contributed by atoms with van der Waals surface area (Å²) in [6.07, 6.45) is 4.22. The Kier molecular flexibility index (Phi) is 3.98. The van der Waals surface area contributed by atoms with Crippen LogP contribution in [0.5, 0.6) is 0 Å². The molecule has 0 saturated heterocycles. The monoisotopic (exact) mass is 327 g/mol. The van der Waals surface area contributed by atoms with Crippen molar-refractivity contribution >= 4 is 11.3 Å². The zero-order chi connectivity index (χ0) is 17.2. The zero-order valence-electron chi connectivity index (χ0n) is 14.5. The Hall–Kier alpha value is -3.07. The van der Waals surface area contributed by atoms with Gasteiger partial charge in [-0.1, -0.05) is 60.2 Å². The molecular formula is C22H21N3. The molecule has 4 aromatic rings. The van der Waals surface area contributed by atoms with Crippen LogP contribution in [0.25, 0.3) is 16.9 Å². The van der Waals surface area contributed by atoms with Crippen molar-refractivity contribution < 1.29 is 0 Å². The fraction of sp³-hybridized carbons (Fsp3) is 0.136. The molecule has 0 aliphatic carbocycles. The predicted octanol–water partition coefficient (Wildman–Crippen LogP) is 5.23. The van der Waals surface area contributed by atoms with Crippen molar-refractivity contribution in [1.82, 2.24) is 9.38 Å². The molecule has 4 rings (SSSR count). The van der Waals surface area contributed by atoms with Gasteiger partial charge in [-0.2, -0.15) is 0 Å². The van der Waals surface area contributed by atoms with Crippen LogP contribution in [0.3, 0.4) is 0 Å². The first-order chi connectivity index (χ1) is 12.2. The molecule has 0 fully saturated rings. The van der Waals surface area contributed by atoms with Gasteiger partial charge in [0.25, 0.3) is 0 Å². The van der Waals surface area contributed by atoms with Gasteiger partial charge in [-0.15, -0.1) is 0 Å². The first-order valence-corrected chi connectivity index (χ1v) is 8.53. The van der Waals surface area contributed by atoms with E-state index in [1.165, 1.54) is 16.7 Å². The van der Waals surface area contributed by atoms with Crippen molar-refractivity contribution in [2.75, 3.05) is 5.32 Å². The molecule has 0 radical (unpaired) electrons. The molecule has 124 valence electrons. The van der Waals surface area contributed by atoms with Gasteiger partial charge in [0.1, 0.15) is 0 Å². The van der Waals surface area contributed by atoms with E-state index in [-0.39, 0.29) is 0 Å². The molecule has 2 heterocycles. The highest BCUT2D eigenvalue weighted by Crippen LogP contribution is 2.25. The van der Waals surface area contributed by atoms with Crippen molar-refractivity contribution in [2.24, 2.45) is 0 Å². The Morgan fingerprint density at radius 1 is 0.880 bits per heavy atom. The van der Waals surface area contributed by atoms with E-state index in [9.17, 15) is 0 Å². The molecule has 0 atom stereocenters. The second-order valence-electron chi connectivity index (χ2n) is 6.49. The number of aromatic nitrogens is 2. The van der Waals surface area contributed by atoms with Gasteiger partial charge in [0.2, 0.25) is 0 Å². The average Bonchev–Trinajstić information content (AvgIpc) is 3.05. The molecule has 0 aliphatic rings. The van der Waals surface area contributed by atoms with Crippen molar-refractivity contribution in [3.8, 4) is 11.3 Å². The first-order valence-electron chi connectivity index (χ1n) is 8.53. The van der Waals surface area contributed by atoms with Gasteiger partial charge in [-0.25, -0.2) is 4.98 Å². The Balaban J connectivity index is 1.70. The highest BCUT2D eigenvalue weighted by molar-refractivity contribution is 5.73. The van der Waals surface area contributed by atoms with Crippen LogP contribution in [-0.4, -0.2) is 9.38 Å². The van der Waals surface area contributed by atoms with Crippen LogP contribution in [0.4, 0.5) is 5.69 Å². The normalized spacial score (nSPS) is 11.0. The lowest BCUT2D eigenvalue weighted by atomic mass is 10.1. The summed E-state index contributed by atoms with van der Waals surface area (Å²) < 4.78 is 2.11. The van der Waals surface area contributed by atoms with Gasteiger partial charge in [0.15, 0.2) is 5.65 Å². The summed E-state index contributed by atoms with van der Waals surface area (Å²) in [6, 6.07) is 21.1. The average molecular weight is 327 g/mol. The molecule has 1 N–H and O–H groups in total. The summed E-state index contributed by atoms with van der Waals surface area (Å²) in [5.41, 5.74) is 7.87. The number of benzene rings is 2. The second-order valence-corrected chi connectivity index (χ2v) is 6.49. The number of fused-ring (bicyclic) bond motifs is 1. The van der Waals surface area contributed by atoms with Crippen LogP contribution < -0.4 is 5.32 Å². The van der Waals surface area contributed by atoms with E-state index in [1.807, 2.05) is 6.07 Å². The number of rotatable bonds is 4. The molecule has 2 aromatic carbocycles. The van der Waals surface area contributed by atoms with Crippen LogP contribution in [0, 0.1) is 13.8 Å². The molecular weight excluding hydrogens is 306 g/mol. The van der Waals surface area contributed by atoms with Crippen molar-refractivity contribution in [3.05, 3.63) is 89.7 Å². The minimum Gasteiger partial charge on any atom is -0.378 e. The van der Waals surface area contributed by atoms with E-state index >= 15 is 0 Å². The van der Waals surface area contributed by atoms with E-state index in [1.54, 1.807) is 0 Å². The van der Waals surface area contributed by atoms with Gasteiger partial charge in [0.05, 0.1) is 11.4 Å². The highest BCUT2D eigenvalue weighted by Gasteiger charge is 2.09. The number of hydrogen-bond acceptors (Lipinski definition) is 2. The predicted molar refractivity (Wildman–Crippen MR) is 104 cm³/mol. The summed E-state index contributed by atoms with van der Waals surface area (Å²) in [6.45, 7) is 4.99. The fourth-order valence-corrected chi connectivity index (χ4v) is 3.03. The molecule has 25 heavy (non-hydrogen) atoms. The van der Waals surface area contributed by atoms with Gasteiger partial charge < -0.3 is 9.72 Å². The quantitative estimate of drug-likeness (QED) is 0.556. The van der Waals surface area contributed by atoms with Crippen molar-refractivity contribution in [3.63, 3.8) is 0 Å². The van der Waals surface area contributed by atoms with Gasteiger partial charge >= 0.3 is 0 Å². The fourth-order valence-electron chi connectivity index (χ4n) is 3.03. The number of nitrogens with one attached hydrogen (secondary N) is 1. The molecule has 2 aromatic heterocycles. The maximum Gasteiger partial charge on any atom is 0.160 e. The van der Waals surface area contributed by atoms with Crippen LogP contribution in [0.2, 0.25) is 0 Å². The molecule has 0 amide bonds. The molecule has 0 bridgehead atoms. The third-order valence-electron chi connectivity index (χ3n) is 4.36. The molecule has 0 aliphatic heterocycles. The Labute approximate surface area is 148 Å². The highest BCUT2D eigenvalue weighted by atomic mass is 15.0. The lowest BCUT2D eigenvalue weighted by Gasteiger charge is -2.09. The minimum atomic E-state index is 0.784. The third-order valence-corrected chi connectivity index (χ3v) is 4.36. The Morgan fingerprint density at radius 2 is 1.64 bits per heavy atom. The van der Waals surface area contributed by atoms with E-state index in [2.05, 4.69) is 90.6 Å². The van der Waals surface area contributed by atoms with Crippen molar-refractivity contribution in [2.45, 2.75) is 20.4 Å². The van der Waals surface area contributed by atoms with Crippen LogP contribution >= 0.6 is 0 Å². The summed E-state index contributed by atoms with van der Waals surface area (Å²) in [4.78, 5) is 4.87. The Bertz CT molecular complexity index is 999. The van der Waals surface area contributed by atoms with E-state index in [0.29, 0.717) is 0 Å². The lowest BCUT2D eigenvalue weighted by Crippen LogP contribution is -2.02. The van der Waals surface area contributed by atoms with Gasteiger partial charge in [0, 0.05) is 24.5 Å². The summed E-state index contributed by atoms with van der Waals surface area (Å²) in [5.74, 6) is 0. The van der Waals surface area contributed by atoms with Gasteiger partial charge in [-0.3, -0.25) is 0 Å². The van der Waals surface area contributed by atoms with E-state index < -0.39 is 0 Å². The third kappa shape index (κ3) is 3.26. The maximum absolute atomic E-state index is 4.87. The topological polar surface area (TPSA) is 29.3 Å². The number of aryl methyl sites for hydroxylation is 2. The lowest BCUT2D eigenvalue weighted by molar-refractivity contribution is 1.11. The molecule has 0 spiro atoms. The molecule has 3 heteroatoms. The zero-order valence-corrected chi connectivity index (χ0v) is 14.5. The first kappa shape index (κ1) is 15.5. The number of hydrogen-bond donors (Lipinski definition) is 1. The minimum absolute atomic E-state index is 0.784. The van der Waals surface area contributed by atoms with E-state index in [0.717, 1.165) is 29.1 Å². The second kappa shape index (κ2) is 6.44.